The third-order valence-electron chi connectivity index (χ3n) is 6.93. The number of unbranched alkanes of at least 4 members (excludes halogenated alkanes) is 3. The highest BCUT2D eigenvalue weighted by atomic mass is 14.7. The van der Waals surface area contributed by atoms with Gasteiger partial charge in [-0.2, -0.15) is 0 Å². The van der Waals surface area contributed by atoms with Crippen LogP contribution in [0.3, 0.4) is 0 Å². The maximum absolute atomic E-state index is 5.00. The van der Waals surface area contributed by atoms with Gasteiger partial charge in [-0.1, -0.05) is 105 Å². The van der Waals surface area contributed by atoms with E-state index in [-0.39, 0.29) is 0 Å². The number of nitrogens with zero attached hydrogens (tertiary/aromatic N) is 1. The SMILES string of the molecule is CCCCCCc1ccc(-c2cccc(-c3ccc4cc(-c5ccccc5)ccc4n3)c2)cc1C. The summed E-state index contributed by atoms with van der Waals surface area (Å²) in [5.74, 6) is 0. The van der Waals surface area contributed by atoms with E-state index in [9.17, 15) is 0 Å². The number of benzene rings is 4. The lowest BCUT2D eigenvalue weighted by Gasteiger charge is -2.11. The second-order valence-corrected chi connectivity index (χ2v) is 9.50. The van der Waals surface area contributed by atoms with Gasteiger partial charge in [0.2, 0.25) is 0 Å². The molecule has 5 aromatic rings. The van der Waals surface area contributed by atoms with Gasteiger partial charge in [-0.05, 0) is 77.4 Å². The van der Waals surface area contributed by atoms with Crippen molar-refractivity contribution >= 4 is 10.9 Å². The van der Waals surface area contributed by atoms with E-state index in [1.807, 2.05) is 0 Å². The Bertz CT molecular complexity index is 1430. The van der Waals surface area contributed by atoms with E-state index in [4.69, 9.17) is 4.98 Å². The molecule has 1 heterocycles. The van der Waals surface area contributed by atoms with Gasteiger partial charge in [0, 0.05) is 10.9 Å². The minimum Gasteiger partial charge on any atom is -0.248 e. The largest absolute Gasteiger partial charge is 0.248 e. The molecule has 1 aromatic heterocycles. The normalized spacial score (nSPS) is 11.1. The molecule has 1 heteroatoms. The Hall–Kier alpha value is -3.71. The van der Waals surface area contributed by atoms with Gasteiger partial charge in [0.1, 0.15) is 0 Å². The Morgan fingerprint density at radius 1 is 0.571 bits per heavy atom. The summed E-state index contributed by atoms with van der Waals surface area (Å²) in [6.45, 7) is 4.51. The Kier molecular flexibility index (Phi) is 7.04. The monoisotopic (exact) mass is 455 g/mol. The summed E-state index contributed by atoms with van der Waals surface area (Å²) in [4.78, 5) is 5.00. The molecular formula is C34H33N. The minimum absolute atomic E-state index is 1.01. The van der Waals surface area contributed by atoms with Gasteiger partial charge in [0.25, 0.3) is 0 Å². The summed E-state index contributed by atoms with van der Waals surface area (Å²) in [7, 11) is 0. The van der Waals surface area contributed by atoms with E-state index < -0.39 is 0 Å². The van der Waals surface area contributed by atoms with Gasteiger partial charge in [0.05, 0.1) is 11.2 Å². The first-order valence-corrected chi connectivity index (χ1v) is 12.9. The van der Waals surface area contributed by atoms with Crippen LogP contribution in [0.2, 0.25) is 0 Å². The standard InChI is InChI=1S/C34H33N/c1-3-4-5-7-11-26-16-17-29(22-25(26)2)28-14-10-15-31(23-28)33-21-19-32-24-30(18-20-34(32)35-33)27-12-8-6-9-13-27/h6,8-10,12-24H,3-5,7,11H2,1-2H3. The second kappa shape index (κ2) is 10.7. The van der Waals surface area contributed by atoms with Gasteiger partial charge in [0.15, 0.2) is 0 Å². The molecule has 0 aliphatic heterocycles. The first kappa shape index (κ1) is 23.1. The molecule has 0 unspecified atom stereocenters. The maximum Gasteiger partial charge on any atom is 0.0709 e. The smallest absolute Gasteiger partial charge is 0.0709 e. The predicted molar refractivity (Wildman–Crippen MR) is 151 cm³/mol. The fourth-order valence-electron chi connectivity index (χ4n) is 4.85. The van der Waals surface area contributed by atoms with Crippen molar-refractivity contribution in [3.63, 3.8) is 0 Å². The lowest BCUT2D eigenvalue weighted by molar-refractivity contribution is 0.666. The lowest BCUT2D eigenvalue weighted by Crippen LogP contribution is -1.92. The van der Waals surface area contributed by atoms with Crippen LogP contribution >= 0.6 is 0 Å². The first-order chi connectivity index (χ1) is 17.2. The maximum atomic E-state index is 5.00. The second-order valence-electron chi connectivity index (χ2n) is 9.50. The first-order valence-electron chi connectivity index (χ1n) is 12.9. The topological polar surface area (TPSA) is 12.9 Å². The summed E-state index contributed by atoms with van der Waals surface area (Å²) < 4.78 is 0. The molecular weight excluding hydrogens is 422 g/mol. The molecule has 0 fully saturated rings. The molecule has 5 rings (SSSR count). The molecule has 0 saturated heterocycles. The van der Waals surface area contributed by atoms with Crippen molar-refractivity contribution < 1.29 is 0 Å². The highest BCUT2D eigenvalue weighted by molar-refractivity contribution is 5.86. The number of fused-ring (bicyclic) bond motifs is 1. The van der Waals surface area contributed by atoms with Crippen LogP contribution in [-0.4, -0.2) is 4.98 Å². The zero-order chi connectivity index (χ0) is 24.0. The van der Waals surface area contributed by atoms with Crippen molar-refractivity contribution in [1.29, 1.82) is 0 Å². The average Bonchev–Trinajstić information content (AvgIpc) is 2.92. The minimum atomic E-state index is 1.01. The fraction of sp³-hybridized carbons (Fsp3) is 0.206. The lowest BCUT2D eigenvalue weighted by atomic mass is 9.95. The Labute approximate surface area is 209 Å². The third-order valence-corrected chi connectivity index (χ3v) is 6.93. The molecule has 35 heavy (non-hydrogen) atoms. The zero-order valence-electron chi connectivity index (χ0n) is 20.8. The third kappa shape index (κ3) is 5.35. The molecule has 0 saturated carbocycles. The van der Waals surface area contributed by atoms with E-state index >= 15 is 0 Å². The Morgan fingerprint density at radius 3 is 2.14 bits per heavy atom. The summed E-state index contributed by atoms with van der Waals surface area (Å²) in [6, 6.07) is 37.1. The van der Waals surface area contributed by atoms with Crippen molar-refractivity contribution in [1.82, 2.24) is 4.98 Å². The van der Waals surface area contributed by atoms with Crippen molar-refractivity contribution in [3.05, 3.63) is 114 Å². The number of hydrogen-bond donors (Lipinski definition) is 0. The number of pyridine rings is 1. The highest BCUT2D eigenvalue weighted by Gasteiger charge is 2.07. The van der Waals surface area contributed by atoms with Gasteiger partial charge in [-0.15, -0.1) is 0 Å². The highest BCUT2D eigenvalue weighted by Crippen LogP contribution is 2.30. The van der Waals surface area contributed by atoms with Crippen molar-refractivity contribution in [2.24, 2.45) is 0 Å². The Balaban J connectivity index is 1.39. The molecule has 0 amide bonds. The molecule has 174 valence electrons. The number of aryl methyl sites for hydroxylation is 2. The van der Waals surface area contributed by atoms with Crippen LogP contribution in [0.1, 0.15) is 43.7 Å². The summed E-state index contributed by atoms with van der Waals surface area (Å²) >= 11 is 0. The van der Waals surface area contributed by atoms with Crippen molar-refractivity contribution in [2.75, 3.05) is 0 Å². The molecule has 4 aromatic carbocycles. The molecule has 0 aliphatic carbocycles. The van der Waals surface area contributed by atoms with Gasteiger partial charge in [-0.25, -0.2) is 4.98 Å². The number of hydrogen-bond acceptors (Lipinski definition) is 1. The van der Waals surface area contributed by atoms with E-state index in [2.05, 4.69) is 117 Å². The van der Waals surface area contributed by atoms with E-state index in [1.54, 1.807) is 0 Å². The van der Waals surface area contributed by atoms with Crippen LogP contribution in [0.15, 0.2) is 103 Å². The van der Waals surface area contributed by atoms with Crippen LogP contribution in [0.25, 0.3) is 44.4 Å². The average molecular weight is 456 g/mol. The van der Waals surface area contributed by atoms with Crippen LogP contribution < -0.4 is 0 Å². The summed E-state index contributed by atoms with van der Waals surface area (Å²) in [6.07, 6.45) is 6.41. The van der Waals surface area contributed by atoms with Crippen molar-refractivity contribution in [3.8, 4) is 33.5 Å². The number of rotatable bonds is 8. The van der Waals surface area contributed by atoms with E-state index in [0.29, 0.717) is 0 Å². The molecule has 0 radical (unpaired) electrons. The predicted octanol–water partition coefficient (Wildman–Crippen LogP) is 9.67. The van der Waals surface area contributed by atoms with Crippen LogP contribution in [0.4, 0.5) is 0 Å². The number of aromatic nitrogens is 1. The van der Waals surface area contributed by atoms with Crippen LogP contribution in [-0.2, 0) is 6.42 Å². The Morgan fingerprint density at radius 2 is 1.31 bits per heavy atom. The molecule has 0 aliphatic rings. The molecule has 0 atom stereocenters. The van der Waals surface area contributed by atoms with E-state index in [1.165, 1.54) is 65.5 Å². The molecule has 0 bridgehead atoms. The van der Waals surface area contributed by atoms with Gasteiger partial charge >= 0.3 is 0 Å². The van der Waals surface area contributed by atoms with Crippen LogP contribution in [0, 0.1) is 6.92 Å². The van der Waals surface area contributed by atoms with Crippen molar-refractivity contribution in [2.45, 2.75) is 46.0 Å². The van der Waals surface area contributed by atoms with Crippen LogP contribution in [0.5, 0.6) is 0 Å². The molecule has 0 spiro atoms. The van der Waals surface area contributed by atoms with E-state index in [0.717, 1.165) is 22.2 Å². The zero-order valence-corrected chi connectivity index (χ0v) is 20.8. The quantitative estimate of drug-likeness (QED) is 0.212. The summed E-state index contributed by atoms with van der Waals surface area (Å²) in [5.41, 5.74) is 11.0. The van der Waals surface area contributed by atoms with Gasteiger partial charge in [-0.3, -0.25) is 0 Å². The summed E-state index contributed by atoms with van der Waals surface area (Å²) in [5, 5.41) is 1.16. The molecule has 0 N–H and O–H groups in total. The fourth-order valence-corrected chi connectivity index (χ4v) is 4.85. The van der Waals surface area contributed by atoms with Gasteiger partial charge < -0.3 is 0 Å². The molecule has 1 nitrogen and oxygen atoms in total.